The topological polar surface area (TPSA) is 44.4 Å². The van der Waals surface area contributed by atoms with Crippen LogP contribution in [0.2, 0.25) is 0 Å². The summed E-state index contributed by atoms with van der Waals surface area (Å²) in [7, 11) is 3.40. The van der Waals surface area contributed by atoms with Crippen molar-refractivity contribution in [2.24, 2.45) is 0 Å². The van der Waals surface area contributed by atoms with Gasteiger partial charge in [-0.3, -0.25) is 0 Å². The second-order valence-electron chi connectivity index (χ2n) is 4.39. The Morgan fingerprint density at radius 3 is 2.65 bits per heavy atom. The van der Waals surface area contributed by atoms with E-state index < -0.39 is 17.8 Å². The molecule has 20 heavy (non-hydrogen) atoms. The molecule has 0 spiro atoms. The Morgan fingerprint density at radius 2 is 2.05 bits per heavy atom. The molecule has 1 rings (SSSR count). The van der Waals surface area contributed by atoms with E-state index in [0.717, 1.165) is 25.1 Å². The molecule has 0 aliphatic rings. The number of rotatable bonds is 5. The van der Waals surface area contributed by atoms with Crippen molar-refractivity contribution in [3.8, 4) is 0 Å². The maximum Gasteiger partial charge on any atom is 0.416 e. The van der Waals surface area contributed by atoms with Gasteiger partial charge in [0.25, 0.3) is 0 Å². The summed E-state index contributed by atoms with van der Waals surface area (Å²) in [5, 5.41) is 5.40. The highest BCUT2D eigenvalue weighted by Gasteiger charge is 2.30. The normalized spacial score (nSPS) is 11.2. The Hall–Kier alpha value is -1.76. The number of hydrogen-bond acceptors (Lipinski definition) is 2. The summed E-state index contributed by atoms with van der Waals surface area (Å²) in [6.07, 6.45) is -3.65. The molecule has 0 atom stereocenters. The first-order chi connectivity index (χ1) is 9.34. The molecule has 0 saturated heterocycles. The molecule has 0 heterocycles. The number of benzene rings is 1. The van der Waals surface area contributed by atoms with E-state index >= 15 is 0 Å². The van der Waals surface area contributed by atoms with Crippen LogP contribution in [0.25, 0.3) is 0 Å². The number of urea groups is 1. The molecular formula is C13H18F3N3O. The van der Waals surface area contributed by atoms with Gasteiger partial charge in [-0.2, -0.15) is 13.2 Å². The highest BCUT2D eigenvalue weighted by Crippen LogP contribution is 2.30. The summed E-state index contributed by atoms with van der Waals surface area (Å²) >= 11 is 0. The minimum absolute atomic E-state index is 0.130. The molecule has 1 aromatic carbocycles. The molecule has 2 N–H and O–H groups in total. The van der Waals surface area contributed by atoms with Crippen LogP contribution in [0.3, 0.4) is 0 Å². The van der Waals surface area contributed by atoms with Crippen molar-refractivity contribution in [3.05, 3.63) is 29.8 Å². The van der Waals surface area contributed by atoms with Crippen molar-refractivity contribution < 1.29 is 18.0 Å². The quantitative estimate of drug-likeness (QED) is 0.819. The average Bonchev–Trinajstić information content (AvgIpc) is 2.38. The van der Waals surface area contributed by atoms with Gasteiger partial charge in [0.2, 0.25) is 0 Å². The van der Waals surface area contributed by atoms with Crippen molar-refractivity contribution in [1.29, 1.82) is 0 Å². The Bertz CT molecular complexity index is 449. The van der Waals surface area contributed by atoms with Crippen LogP contribution in [0.15, 0.2) is 24.3 Å². The predicted octanol–water partition coefficient (Wildman–Crippen LogP) is 2.78. The van der Waals surface area contributed by atoms with Crippen LogP contribution in [0.5, 0.6) is 0 Å². The summed E-state index contributed by atoms with van der Waals surface area (Å²) < 4.78 is 37.6. The highest BCUT2D eigenvalue weighted by molar-refractivity contribution is 5.89. The standard InChI is InChI=1S/C13H18F3N3O/c1-17-7-4-8-19(2)12(20)18-11-6-3-5-10(9-11)13(14,15)16/h3,5-6,9,17H,4,7-8H2,1-2H3,(H,18,20). The van der Waals surface area contributed by atoms with E-state index in [1.165, 1.54) is 17.0 Å². The van der Waals surface area contributed by atoms with E-state index in [1.807, 2.05) is 7.05 Å². The van der Waals surface area contributed by atoms with Crippen LogP contribution in [-0.2, 0) is 6.18 Å². The van der Waals surface area contributed by atoms with Gasteiger partial charge in [-0.15, -0.1) is 0 Å². The first-order valence-corrected chi connectivity index (χ1v) is 6.18. The van der Waals surface area contributed by atoms with Crippen LogP contribution in [0.4, 0.5) is 23.7 Å². The Labute approximate surface area is 116 Å². The first-order valence-electron chi connectivity index (χ1n) is 6.18. The summed E-state index contributed by atoms with van der Waals surface area (Å²) in [6, 6.07) is 4.14. The number of halogens is 3. The van der Waals surface area contributed by atoms with Crippen molar-refractivity contribution >= 4 is 11.7 Å². The predicted molar refractivity (Wildman–Crippen MR) is 71.6 cm³/mol. The largest absolute Gasteiger partial charge is 0.416 e. The number of hydrogen-bond donors (Lipinski definition) is 2. The summed E-state index contributed by atoms with van der Waals surface area (Å²) in [6.45, 7) is 1.28. The number of carbonyl (C=O) groups excluding carboxylic acids is 1. The third-order valence-corrected chi connectivity index (χ3v) is 2.71. The third kappa shape index (κ3) is 5.08. The molecule has 0 fully saturated rings. The molecule has 0 aliphatic carbocycles. The van der Waals surface area contributed by atoms with E-state index in [9.17, 15) is 18.0 Å². The van der Waals surface area contributed by atoms with Gasteiger partial charge in [0.1, 0.15) is 0 Å². The van der Waals surface area contributed by atoms with Crippen LogP contribution >= 0.6 is 0 Å². The van der Waals surface area contributed by atoms with Crippen molar-refractivity contribution in [2.45, 2.75) is 12.6 Å². The van der Waals surface area contributed by atoms with E-state index in [1.54, 1.807) is 7.05 Å². The van der Waals surface area contributed by atoms with E-state index in [4.69, 9.17) is 0 Å². The zero-order chi connectivity index (χ0) is 15.2. The molecule has 0 aromatic heterocycles. The van der Waals surface area contributed by atoms with Gasteiger partial charge in [0, 0.05) is 19.3 Å². The molecule has 0 unspecified atom stereocenters. The molecule has 0 bridgehead atoms. The maximum absolute atomic E-state index is 12.5. The number of anilines is 1. The highest BCUT2D eigenvalue weighted by atomic mass is 19.4. The van der Waals surface area contributed by atoms with Crippen LogP contribution in [0, 0.1) is 0 Å². The van der Waals surface area contributed by atoms with Gasteiger partial charge in [-0.25, -0.2) is 4.79 Å². The van der Waals surface area contributed by atoms with Gasteiger partial charge >= 0.3 is 12.2 Å². The molecule has 0 aliphatic heterocycles. The van der Waals surface area contributed by atoms with Crippen LogP contribution in [-0.4, -0.2) is 38.1 Å². The molecule has 7 heteroatoms. The summed E-state index contributed by atoms with van der Waals surface area (Å²) in [5.41, 5.74) is -0.654. The van der Waals surface area contributed by atoms with Gasteiger partial charge < -0.3 is 15.5 Å². The monoisotopic (exact) mass is 289 g/mol. The molecule has 0 radical (unpaired) electrons. The van der Waals surface area contributed by atoms with Crippen LogP contribution < -0.4 is 10.6 Å². The lowest BCUT2D eigenvalue weighted by Gasteiger charge is -2.18. The van der Waals surface area contributed by atoms with Gasteiger partial charge in [0.15, 0.2) is 0 Å². The minimum atomic E-state index is -4.42. The first kappa shape index (κ1) is 16.3. The van der Waals surface area contributed by atoms with Gasteiger partial charge in [-0.05, 0) is 38.2 Å². The SMILES string of the molecule is CNCCCN(C)C(=O)Nc1cccc(C(F)(F)F)c1. The number of alkyl halides is 3. The molecule has 4 nitrogen and oxygen atoms in total. The zero-order valence-corrected chi connectivity index (χ0v) is 11.4. The number of carbonyl (C=O) groups is 1. The summed E-state index contributed by atoms with van der Waals surface area (Å²) in [5.74, 6) is 0. The molecular weight excluding hydrogens is 271 g/mol. The zero-order valence-electron chi connectivity index (χ0n) is 11.4. The maximum atomic E-state index is 12.5. The second kappa shape index (κ2) is 7.14. The van der Waals surface area contributed by atoms with Crippen LogP contribution in [0.1, 0.15) is 12.0 Å². The number of amides is 2. The third-order valence-electron chi connectivity index (χ3n) is 2.71. The lowest BCUT2D eigenvalue weighted by atomic mass is 10.2. The fourth-order valence-electron chi connectivity index (χ4n) is 1.59. The van der Waals surface area contributed by atoms with E-state index in [0.29, 0.717) is 6.54 Å². The lowest BCUT2D eigenvalue weighted by molar-refractivity contribution is -0.137. The van der Waals surface area contributed by atoms with E-state index in [2.05, 4.69) is 10.6 Å². The van der Waals surface area contributed by atoms with Gasteiger partial charge in [-0.1, -0.05) is 6.07 Å². The minimum Gasteiger partial charge on any atom is -0.328 e. The van der Waals surface area contributed by atoms with Crippen molar-refractivity contribution in [2.75, 3.05) is 32.5 Å². The molecule has 0 saturated carbocycles. The smallest absolute Gasteiger partial charge is 0.328 e. The number of nitrogens with one attached hydrogen (secondary N) is 2. The molecule has 2 amide bonds. The Balaban J connectivity index is 2.62. The molecule has 1 aromatic rings. The van der Waals surface area contributed by atoms with E-state index in [-0.39, 0.29) is 5.69 Å². The molecule has 112 valence electrons. The van der Waals surface area contributed by atoms with Gasteiger partial charge in [0.05, 0.1) is 5.56 Å². The Kier molecular flexibility index (Phi) is 5.82. The number of nitrogens with zero attached hydrogens (tertiary/aromatic N) is 1. The van der Waals surface area contributed by atoms with Crippen molar-refractivity contribution in [1.82, 2.24) is 10.2 Å². The fourth-order valence-corrected chi connectivity index (χ4v) is 1.59. The lowest BCUT2D eigenvalue weighted by Crippen LogP contribution is -2.33. The Morgan fingerprint density at radius 1 is 1.35 bits per heavy atom. The summed E-state index contributed by atoms with van der Waals surface area (Å²) in [4.78, 5) is 13.2. The van der Waals surface area contributed by atoms with Crippen molar-refractivity contribution in [3.63, 3.8) is 0 Å². The second-order valence-corrected chi connectivity index (χ2v) is 4.39. The average molecular weight is 289 g/mol. The fraction of sp³-hybridized carbons (Fsp3) is 0.462.